The summed E-state index contributed by atoms with van der Waals surface area (Å²) >= 11 is 0. The Hall–Kier alpha value is -4.79. The molecule has 0 unspecified atom stereocenters. The van der Waals surface area contributed by atoms with Crippen molar-refractivity contribution in [3.63, 3.8) is 0 Å². The fourth-order valence-corrected chi connectivity index (χ4v) is 3.95. The molecule has 0 fully saturated rings. The number of para-hydroxylation sites is 1. The number of benzene rings is 1. The van der Waals surface area contributed by atoms with Crippen LogP contribution in [0.25, 0.3) is 55.8 Å². The molecule has 34 heavy (non-hydrogen) atoms. The van der Waals surface area contributed by atoms with Gasteiger partial charge in [-0.25, -0.2) is 9.97 Å². The second-order valence-corrected chi connectivity index (χ2v) is 7.86. The molecular weight excluding hydrogens is 430 g/mol. The Balaban J connectivity index is 1.43. The van der Waals surface area contributed by atoms with Gasteiger partial charge in [0.1, 0.15) is 5.69 Å². The molecule has 0 saturated carbocycles. The van der Waals surface area contributed by atoms with Gasteiger partial charge >= 0.3 is 0 Å². The van der Waals surface area contributed by atoms with E-state index in [-0.39, 0.29) is 5.91 Å². The van der Waals surface area contributed by atoms with Gasteiger partial charge in [-0.2, -0.15) is 5.10 Å². The van der Waals surface area contributed by atoms with Crippen LogP contribution in [0.1, 0.15) is 13.3 Å². The third-order valence-corrected chi connectivity index (χ3v) is 5.67. The molecule has 0 bridgehead atoms. The zero-order valence-corrected chi connectivity index (χ0v) is 18.2. The first-order chi connectivity index (χ1) is 16.7. The molecule has 9 nitrogen and oxygen atoms in total. The van der Waals surface area contributed by atoms with E-state index >= 15 is 0 Å². The Kier molecular flexibility index (Phi) is 4.65. The smallest absolute Gasteiger partial charge is 0.224 e. The lowest BCUT2D eigenvalue weighted by Gasteiger charge is -2.06. The summed E-state index contributed by atoms with van der Waals surface area (Å²) in [7, 11) is 0. The maximum Gasteiger partial charge on any atom is 0.224 e. The quantitative estimate of drug-likeness (QED) is 0.333. The molecule has 0 aliphatic heterocycles. The lowest BCUT2D eigenvalue weighted by Crippen LogP contribution is -2.09. The average Bonchev–Trinajstić information content (AvgIpc) is 3.62. The Bertz CT molecular complexity index is 1650. The normalized spacial score (nSPS) is 11.3. The Morgan fingerprint density at radius 1 is 1.09 bits per heavy atom. The summed E-state index contributed by atoms with van der Waals surface area (Å²) in [6.07, 6.45) is 8.85. The molecule has 166 valence electrons. The van der Waals surface area contributed by atoms with E-state index in [9.17, 15) is 4.79 Å². The van der Waals surface area contributed by atoms with E-state index in [0.29, 0.717) is 23.6 Å². The van der Waals surface area contributed by atoms with Crippen LogP contribution < -0.4 is 5.32 Å². The van der Waals surface area contributed by atoms with Crippen molar-refractivity contribution >= 4 is 33.7 Å². The number of hydrogen-bond donors (Lipinski definition) is 3. The molecule has 0 atom stereocenters. The topological polar surface area (TPSA) is 125 Å². The molecule has 6 aromatic rings. The fourth-order valence-electron chi connectivity index (χ4n) is 3.95. The number of fused-ring (bicyclic) bond motifs is 2. The standard InChI is InChI=1S/C25H19N7O2/c1-2-21(33)28-17-8-15(10-26-12-17)16-9-19-23(31-32-24(19)27-11-16)25-29-20-5-3-4-18(22(20)30-25)14-6-7-34-13-14/h3-13H,2H2,1H3,(H,28,33)(H,29,30)(H,27,31,32). The van der Waals surface area contributed by atoms with Gasteiger partial charge in [-0.15, -0.1) is 0 Å². The first-order valence-corrected chi connectivity index (χ1v) is 10.8. The predicted molar refractivity (Wildman–Crippen MR) is 129 cm³/mol. The van der Waals surface area contributed by atoms with Gasteiger partial charge < -0.3 is 14.7 Å². The molecule has 6 rings (SSSR count). The van der Waals surface area contributed by atoms with Gasteiger partial charge in [-0.1, -0.05) is 19.1 Å². The number of furan rings is 1. The molecule has 0 spiro atoms. The number of carbonyl (C=O) groups excluding carboxylic acids is 1. The van der Waals surface area contributed by atoms with Gasteiger partial charge in [0, 0.05) is 41.1 Å². The molecule has 5 heterocycles. The van der Waals surface area contributed by atoms with Crippen molar-refractivity contribution in [1.82, 2.24) is 30.1 Å². The third kappa shape index (κ3) is 3.39. The number of H-pyrrole nitrogens is 2. The molecule has 0 aliphatic rings. The summed E-state index contributed by atoms with van der Waals surface area (Å²) in [5.74, 6) is 0.596. The summed E-state index contributed by atoms with van der Waals surface area (Å²) in [4.78, 5) is 28.8. The van der Waals surface area contributed by atoms with E-state index in [1.807, 2.05) is 36.4 Å². The van der Waals surface area contributed by atoms with Crippen molar-refractivity contribution in [3.05, 3.63) is 67.5 Å². The number of imidazole rings is 1. The number of pyridine rings is 2. The molecular formula is C25H19N7O2. The zero-order valence-electron chi connectivity index (χ0n) is 18.2. The number of rotatable bonds is 5. The highest BCUT2D eigenvalue weighted by Gasteiger charge is 2.16. The Morgan fingerprint density at radius 2 is 2.00 bits per heavy atom. The average molecular weight is 449 g/mol. The number of aromatic amines is 2. The number of amides is 1. The molecule has 1 amide bonds. The van der Waals surface area contributed by atoms with Crippen LogP contribution in [0, 0.1) is 0 Å². The zero-order chi connectivity index (χ0) is 23.1. The number of anilines is 1. The molecule has 0 aliphatic carbocycles. The highest BCUT2D eigenvalue weighted by atomic mass is 16.3. The van der Waals surface area contributed by atoms with Gasteiger partial charge in [-0.05, 0) is 24.3 Å². The SMILES string of the molecule is CCC(=O)Nc1cncc(-c2cnc3n[nH]c(-c4nc5c(-c6ccoc6)cccc5[nH]4)c3c2)c1. The maximum atomic E-state index is 11.8. The van der Waals surface area contributed by atoms with Crippen molar-refractivity contribution in [1.29, 1.82) is 0 Å². The third-order valence-electron chi connectivity index (χ3n) is 5.67. The van der Waals surface area contributed by atoms with Crippen LogP contribution in [0.5, 0.6) is 0 Å². The summed E-state index contributed by atoms with van der Waals surface area (Å²) in [6.45, 7) is 1.81. The minimum Gasteiger partial charge on any atom is -0.472 e. The van der Waals surface area contributed by atoms with E-state index in [0.717, 1.165) is 44.4 Å². The second-order valence-electron chi connectivity index (χ2n) is 7.86. The molecule has 3 N–H and O–H groups in total. The van der Waals surface area contributed by atoms with Crippen LogP contribution >= 0.6 is 0 Å². The van der Waals surface area contributed by atoms with E-state index in [1.165, 1.54) is 0 Å². The van der Waals surface area contributed by atoms with Crippen molar-refractivity contribution in [3.8, 4) is 33.8 Å². The molecule has 5 aromatic heterocycles. The van der Waals surface area contributed by atoms with Gasteiger partial charge in [0.2, 0.25) is 5.91 Å². The van der Waals surface area contributed by atoms with Crippen molar-refractivity contribution in [2.45, 2.75) is 13.3 Å². The van der Waals surface area contributed by atoms with Crippen molar-refractivity contribution in [2.75, 3.05) is 5.32 Å². The first kappa shape index (κ1) is 19.9. The number of nitrogens with zero attached hydrogens (tertiary/aromatic N) is 4. The number of carbonyl (C=O) groups is 1. The summed E-state index contributed by atoms with van der Waals surface area (Å²) < 4.78 is 5.25. The van der Waals surface area contributed by atoms with Crippen molar-refractivity contribution < 1.29 is 9.21 Å². The molecule has 1 aromatic carbocycles. The fraction of sp³-hybridized carbons (Fsp3) is 0.0800. The Labute approximate surface area is 193 Å². The Morgan fingerprint density at radius 3 is 2.85 bits per heavy atom. The summed E-state index contributed by atoms with van der Waals surface area (Å²) in [6, 6.07) is 11.8. The molecule has 0 saturated heterocycles. The van der Waals surface area contributed by atoms with Crippen LogP contribution in [0.3, 0.4) is 0 Å². The van der Waals surface area contributed by atoms with Gasteiger partial charge in [0.05, 0.1) is 40.8 Å². The van der Waals surface area contributed by atoms with Crippen LogP contribution in [0.2, 0.25) is 0 Å². The number of aromatic nitrogens is 6. The highest BCUT2D eigenvalue weighted by molar-refractivity contribution is 5.97. The number of nitrogens with one attached hydrogen (secondary N) is 3. The second kappa shape index (κ2) is 7.96. The van der Waals surface area contributed by atoms with Gasteiger partial charge in [-0.3, -0.25) is 14.9 Å². The van der Waals surface area contributed by atoms with Gasteiger partial charge in [0.25, 0.3) is 0 Å². The van der Waals surface area contributed by atoms with Crippen molar-refractivity contribution in [2.24, 2.45) is 0 Å². The summed E-state index contributed by atoms with van der Waals surface area (Å²) in [5, 5.41) is 11.1. The highest BCUT2D eigenvalue weighted by Crippen LogP contribution is 2.32. The lowest BCUT2D eigenvalue weighted by molar-refractivity contribution is -0.115. The summed E-state index contributed by atoms with van der Waals surface area (Å²) in [5.41, 5.74) is 7.34. The van der Waals surface area contributed by atoms with Crippen LogP contribution in [0.15, 0.2) is 71.9 Å². The molecule has 0 radical (unpaired) electrons. The predicted octanol–water partition coefficient (Wildman–Crippen LogP) is 5.17. The number of hydrogen-bond acceptors (Lipinski definition) is 6. The minimum atomic E-state index is -0.0654. The van der Waals surface area contributed by atoms with E-state index in [1.54, 1.807) is 38.0 Å². The first-order valence-electron chi connectivity index (χ1n) is 10.8. The van der Waals surface area contributed by atoms with E-state index < -0.39 is 0 Å². The lowest BCUT2D eigenvalue weighted by atomic mass is 10.1. The van der Waals surface area contributed by atoms with E-state index in [2.05, 4.69) is 30.5 Å². The maximum absolute atomic E-state index is 11.8. The van der Waals surface area contributed by atoms with Crippen LogP contribution in [-0.2, 0) is 4.79 Å². The van der Waals surface area contributed by atoms with Crippen LogP contribution in [0.4, 0.5) is 5.69 Å². The monoisotopic (exact) mass is 449 g/mol. The minimum absolute atomic E-state index is 0.0654. The molecule has 9 heteroatoms. The van der Waals surface area contributed by atoms with Gasteiger partial charge in [0.15, 0.2) is 11.5 Å². The van der Waals surface area contributed by atoms with Crippen LogP contribution in [-0.4, -0.2) is 36.0 Å². The van der Waals surface area contributed by atoms with E-state index in [4.69, 9.17) is 9.40 Å². The largest absolute Gasteiger partial charge is 0.472 e.